The number of esters is 3. The minimum absolute atomic E-state index is 0.0828. The first-order valence-corrected chi connectivity index (χ1v) is 26.6. The second-order valence-electron chi connectivity index (χ2n) is 17.8. The van der Waals surface area contributed by atoms with Crippen molar-refractivity contribution in [2.75, 3.05) is 13.2 Å². The summed E-state index contributed by atoms with van der Waals surface area (Å²) in [6.45, 7) is 6.55. The Hall–Kier alpha value is -2.63. The summed E-state index contributed by atoms with van der Waals surface area (Å²) in [6, 6.07) is 0. The van der Waals surface area contributed by atoms with Gasteiger partial charge in [-0.2, -0.15) is 0 Å². The molecule has 0 aliphatic rings. The number of carbonyl (C=O) groups excluding carboxylic acids is 3. The lowest BCUT2D eigenvalue weighted by Crippen LogP contribution is -2.30. The van der Waals surface area contributed by atoms with Crippen molar-refractivity contribution in [3.05, 3.63) is 48.6 Å². The molecule has 62 heavy (non-hydrogen) atoms. The normalized spacial score (nSPS) is 12.4. The Morgan fingerprint density at radius 3 is 0.968 bits per heavy atom. The van der Waals surface area contributed by atoms with Gasteiger partial charge < -0.3 is 14.2 Å². The quantitative estimate of drug-likeness (QED) is 0.0262. The van der Waals surface area contributed by atoms with Crippen LogP contribution in [0.1, 0.15) is 271 Å². The first-order chi connectivity index (χ1) is 30.5. The minimum atomic E-state index is -0.781. The monoisotopic (exact) mass is 869 g/mol. The molecule has 0 rings (SSSR count). The Kier molecular flexibility index (Phi) is 48.8. The molecule has 6 nitrogen and oxygen atoms in total. The highest BCUT2D eigenvalue weighted by molar-refractivity contribution is 5.71. The molecule has 0 radical (unpaired) electrons. The lowest BCUT2D eigenvalue weighted by atomic mass is 10.0. The fourth-order valence-corrected chi connectivity index (χ4v) is 7.51. The average molecular weight is 869 g/mol. The summed E-state index contributed by atoms with van der Waals surface area (Å²) in [5, 5.41) is 0. The van der Waals surface area contributed by atoms with Gasteiger partial charge >= 0.3 is 17.9 Å². The topological polar surface area (TPSA) is 78.9 Å². The van der Waals surface area contributed by atoms with Crippen LogP contribution in [0, 0.1) is 0 Å². The van der Waals surface area contributed by atoms with Crippen LogP contribution in [0.4, 0.5) is 0 Å². The van der Waals surface area contributed by atoms with E-state index >= 15 is 0 Å². The zero-order valence-electron chi connectivity index (χ0n) is 41.1. The fourth-order valence-electron chi connectivity index (χ4n) is 7.51. The molecule has 0 bridgehead atoms. The van der Waals surface area contributed by atoms with E-state index in [9.17, 15) is 14.4 Å². The van der Waals surface area contributed by atoms with E-state index in [-0.39, 0.29) is 31.1 Å². The van der Waals surface area contributed by atoms with Crippen molar-refractivity contribution < 1.29 is 28.6 Å². The molecule has 0 heterocycles. The molecular formula is C56H100O6. The molecule has 1 unspecified atom stereocenters. The number of rotatable bonds is 48. The van der Waals surface area contributed by atoms with Crippen molar-refractivity contribution in [1.82, 2.24) is 0 Å². The molecule has 0 spiro atoms. The lowest BCUT2D eigenvalue weighted by Gasteiger charge is -2.18. The van der Waals surface area contributed by atoms with Crippen molar-refractivity contribution in [2.24, 2.45) is 0 Å². The van der Waals surface area contributed by atoms with Gasteiger partial charge in [0, 0.05) is 19.3 Å². The number of allylic oxidation sites excluding steroid dienone is 8. The van der Waals surface area contributed by atoms with Crippen LogP contribution in [0.5, 0.6) is 0 Å². The van der Waals surface area contributed by atoms with Gasteiger partial charge in [0.2, 0.25) is 0 Å². The lowest BCUT2D eigenvalue weighted by molar-refractivity contribution is -0.167. The molecule has 0 aliphatic heterocycles. The molecule has 1 atom stereocenters. The SMILES string of the molecule is CCC/C=C\C/C=C\CCCCCCCC(=O)OCC(COC(=O)CCCCCCC/C=C\C/C=C\CCCCCC)OC(=O)CCCCCCCCCCCCCCCCC. The van der Waals surface area contributed by atoms with Crippen molar-refractivity contribution >= 4 is 17.9 Å². The highest BCUT2D eigenvalue weighted by Crippen LogP contribution is 2.15. The van der Waals surface area contributed by atoms with Crippen LogP contribution in [0.3, 0.4) is 0 Å². The van der Waals surface area contributed by atoms with Crippen molar-refractivity contribution in [1.29, 1.82) is 0 Å². The van der Waals surface area contributed by atoms with Gasteiger partial charge in [0.1, 0.15) is 13.2 Å². The predicted molar refractivity (Wildman–Crippen MR) is 265 cm³/mol. The van der Waals surface area contributed by atoms with Gasteiger partial charge in [-0.05, 0) is 77.0 Å². The Balaban J connectivity index is 4.39. The second kappa shape index (κ2) is 51.0. The van der Waals surface area contributed by atoms with Crippen molar-refractivity contribution in [3.8, 4) is 0 Å². The molecule has 0 amide bonds. The van der Waals surface area contributed by atoms with Crippen LogP contribution in [-0.2, 0) is 28.6 Å². The zero-order valence-corrected chi connectivity index (χ0v) is 41.1. The third kappa shape index (κ3) is 48.4. The molecule has 360 valence electrons. The smallest absolute Gasteiger partial charge is 0.306 e. The van der Waals surface area contributed by atoms with Gasteiger partial charge in [-0.25, -0.2) is 0 Å². The van der Waals surface area contributed by atoms with Crippen LogP contribution in [-0.4, -0.2) is 37.2 Å². The van der Waals surface area contributed by atoms with Crippen LogP contribution < -0.4 is 0 Å². The van der Waals surface area contributed by atoms with Gasteiger partial charge in [0.15, 0.2) is 6.10 Å². The summed E-state index contributed by atoms with van der Waals surface area (Å²) in [6.07, 6.45) is 60.9. The van der Waals surface area contributed by atoms with Crippen LogP contribution >= 0.6 is 0 Å². The molecule has 0 aromatic carbocycles. The Morgan fingerprint density at radius 2 is 0.613 bits per heavy atom. The van der Waals surface area contributed by atoms with E-state index in [0.29, 0.717) is 19.3 Å². The predicted octanol–water partition coefficient (Wildman–Crippen LogP) is 17.5. The highest BCUT2D eigenvalue weighted by atomic mass is 16.6. The molecule has 0 saturated carbocycles. The average Bonchev–Trinajstić information content (AvgIpc) is 3.27. The van der Waals surface area contributed by atoms with Crippen molar-refractivity contribution in [2.45, 2.75) is 277 Å². The maximum atomic E-state index is 12.8. The Labute approximate surface area is 384 Å². The van der Waals surface area contributed by atoms with Gasteiger partial charge in [-0.1, -0.05) is 223 Å². The zero-order chi connectivity index (χ0) is 45.1. The first kappa shape index (κ1) is 59.4. The van der Waals surface area contributed by atoms with Gasteiger partial charge in [0.05, 0.1) is 0 Å². The molecular weight excluding hydrogens is 769 g/mol. The molecule has 0 N–H and O–H groups in total. The van der Waals surface area contributed by atoms with Gasteiger partial charge in [-0.3, -0.25) is 14.4 Å². The van der Waals surface area contributed by atoms with E-state index in [4.69, 9.17) is 14.2 Å². The van der Waals surface area contributed by atoms with E-state index in [1.807, 2.05) is 0 Å². The number of unbranched alkanes of at least 4 members (excludes halogenated alkanes) is 29. The third-order valence-corrected chi connectivity index (χ3v) is 11.5. The summed E-state index contributed by atoms with van der Waals surface area (Å²) >= 11 is 0. The second-order valence-corrected chi connectivity index (χ2v) is 17.8. The third-order valence-electron chi connectivity index (χ3n) is 11.5. The highest BCUT2D eigenvalue weighted by Gasteiger charge is 2.19. The summed E-state index contributed by atoms with van der Waals surface area (Å²) in [5.74, 6) is -0.900. The maximum absolute atomic E-state index is 12.8. The van der Waals surface area contributed by atoms with E-state index < -0.39 is 6.10 Å². The minimum Gasteiger partial charge on any atom is -0.462 e. The number of ether oxygens (including phenoxy) is 3. The summed E-state index contributed by atoms with van der Waals surface area (Å²) in [5.41, 5.74) is 0. The van der Waals surface area contributed by atoms with Crippen LogP contribution in [0.15, 0.2) is 48.6 Å². The number of hydrogen-bond acceptors (Lipinski definition) is 6. The Morgan fingerprint density at radius 1 is 0.323 bits per heavy atom. The molecule has 0 aliphatic carbocycles. The molecule has 0 fully saturated rings. The van der Waals surface area contributed by atoms with Crippen LogP contribution in [0.25, 0.3) is 0 Å². The maximum Gasteiger partial charge on any atom is 0.306 e. The van der Waals surface area contributed by atoms with Crippen LogP contribution in [0.2, 0.25) is 0 Å². The summed E-state index contributed by atoms with van der Waals surface area (Å²) < 4.78 is 16.8. The Bertz CT molecular complexity index is 1090. The summed E-state index contributed by atoms with van der Waals surface area (Å²) in [4.78, 5) is 38.0. The largest absolute Gasteiger partial charge is 0.462 e. The van der Waals surface area contributed by atoms with E-state index in [1.165, 1.54) is 128 Å². The molecule has 0 aromatic heterocycles. The first-order valence-electron chi connectivity index (χ1n) is 26.6. The molecule has 6 heteroatoms. The standard InChI is InChI=1S/C56H100O6/c1-4-7-10-13-16-19-22-25-27-29-31-34-37-40-43-46-49-55(58)61-52-53(51-60-54(57)48-45-42-39-36-33-30-24-21-18-15-12-9-6-3)62-56(59)50-47-44-41-38-35-32-28-26-23-20-17-14-11-8-5-2/h12,15,19,21-22,24,27,29,53H,4-11,13-14,16-18,20,23,25-26,28,30-52H2,1-3H3/b15-12-,22-19-,24-21-,29-27-. The fraction of sp³-hybridized carbons (Fsp3) is 0.804. The van der Waals surface area contributed by atoms with Gasteiger partial charge in [0.25, 0.3) is 0 Å². The number of carbonyl (C=O) groups is 3. The van der Waals surface area contributed by atoms with E-state index in [0.717, 1.165) is 103 Å². The molecule has 0 saturated heterocycles. The number of hydrogen-bond donors (Lipinski definition) is 0. The molecule has 0 aromatic rings. The van der Waals surface area contributed by atoms with E-state index in [1.54, 1.807) is 0 Å². The van der Waals surface area contributed by atoms with E-state index in [2.05, 4.69) is 69.4 Å². The summed E-state index contributed by atoms with van der Waals surface area (Å²) in [7, 11) is 0. The van der Waals surface area contributed by atoms with Crippen molar-refractivity contribution in [3.63, 3.8) is 0 Å². The van der Waals surface area contributed by atoms with Gasteiger partial charge in [-0.15, -0.1) is 0 Å².